The first-order valence-electron chi connectivity index (χ1n) is 6.39. The lowest BCUT2D eigenvalue weighted by molar-refractivity contribution is 0.134. The van der Waals surface area contributed by atoms with E-state index in [-0.39, 0.29) is 6.61 Å². The van der Waals surface area contributed by atoms with E-state index >= 15 is 0 Å². The summed E-state index contributed by atoms with van der Waals surface area (Å²) in [5.74, 6) is 0.535. The molecule has 0 spiro atoms. The minimum absolute atomic E-state index is 0.0834. The minimum Gasteiger partial charge on any atom is -0.498 e. The molecular formula is C13H26O3. The normalized spacial score (nSPS) is 11.6. The van der Waals surface area contributed by atoms with Crippen LogP contribution in [0.2, 0.25) is 0 Å². The van der Waals surface area contributed by atoms with E-state index in [4.69, 9.17) is 14.6 Å². The lowest BCUT2D eigenvalue weighted by Gasteiger charge is -2.08. The fourth-order valence-electron chi connectivity index (χ4n) is 1.26. The summed E-state index contributed by atoms with van der Waals surface area (Å²) in [6.07, 6.45) is 8.34. The van der Waals surface area contributed by atoms with E-state index in [2.05, 4.69) is 13.8 Å². The number of aliphatic hydroxyl groups excluding tert-OH is 1. The first-order valence-corrected chi connectivity index (χ1v) is 6.39. The third-order valence-corrected chi connectivity index (χ3v) is 2.27. The molecule has 0 atom stereocenters. The van der Waals surface area contributed by atoms with Gasteiger partial charge in [-0.05, 0) is 12.8 Å². The highest BCUT2D eigenvalue weighted by atomic mass is 16.5. The standard InChI is InChI=1S/C13H26O3/c1-3-5-7-9-15-12-13(11-14)16-10-8-6-4-2/h12,14H,3-11H2,1-2H3. The Morgan fingerprint density at radius 2 is 1.62 bits per heavy atom. The van der Waals surface area contributed by atoms with Gasteiger partial charge in [0, 0.05) is 0 Å². The molecule has 0 aliphatic rings. The van der Waals surface area contributed by atoms with Crippen molar-refractivity contribution in [3.8, 4) is 0 Å². The van der Waals surface area contributed by atoms with Crippen LogP contribution in [0.3, 0.4) is 0 Å². The fraction of sp³-hybridized carbons (Fsp3) is 0.846. The molecule has 16 heavy (non-hydrogen) atoms. The van der Waals surface area contributed by atoms with Crippen LogP contribution in [0.25, 0.3) is 0 Å². The molecule has 0 rings (SSSR count). The molecule has 0 radical (unpaired) electrons. The Labute approximate surface area is 99.5 Å². The molecule has 3 nitrogen and oxygen atoms in total. The molecule has 0 saturated carbocycles. The molecule has 1 N–H and O–H groups in total. The Kier molecular flexibility index (Phi) is 11.8. The van der Waals surface area contributed by atoms with Crippen LogP contribution in [0.4, 0.5) is 0 Å². The topological polar surface area (TPSA) is 38.7 Å². The van der Waals surface area contributed by atoms with Crippen molar-refractivity contribution in [2.75, 3.05) is 19.8 Å². The molecule has 0 saturated heterocycles. The number of hydrogen-bond donors (Lipinski definition) is 1. The summed E-state index contributed by atoms with van der Waals surface area (Å²) in [5.41, 5.74) is 0. The van der Waals surface area contributed by atoms with E-state index in [0.717, 1.165) is 19.3 Å². The molecule has 0 amide bonds. The molecule has 0 unspecified atom stereocenters. The lowest BCUT2D eigenvalue weighted by Crippen LogP contribution is -2.01. The molecule has 0 bridgehead atoms. The van der Waals surface area contributed by atoms with Gasteiger partial charge >= 0.3 is 0 Å². The summed E-state index contributed by atoms with van der Waals surface area (Å²) in [7, 11) is 0. The Balaban J connectivity index is 3.50. The van der Waals surface area contributed by atoms with Crippen molar-refractivity contribution in [3.63, 3.8) is 0 Å². The predicted octanol–water partition coefficient (Wildman–Crippen LogP) is 3.23. The third kappa shape index (κ3) is 9.84. The molecule has 0 aromatic rings. The van der Waals surface area contributed by atoms with E-state index in [1.807, 2.05) is 0 Å². The lowest BCUT2D eigenvalue weighted by atomic mass is 10.3. The Morgan fingerprint density at radius 3 is 2.19 bits per heavy atom. The van der Waals surface area contributed by atoms with Gasteiger partial charge in [0.25, 0.3) is 0 Å². The van der Waals surface area contributed by atoms with Crippen LogP contribution in [-0.2, 0) is 9.47 Å². The highest BCUT2D eigenvalue weighted by Crippen LogP contribution is 2.02. The maximum absolute atomic E-state index is 9.01. The average Bonchev–Trinajstić information content (AvgIpc) is 2.31. The quantitative estimate of drug-likeness (QED) is 0.437. The number of aliphatic hydroxyl groups is 1. The molecular weight excluding hydrogens is 204 g/mol. The first kappa shape index (κ1) is 15.3. The summed E-state index contributed by atoms with van der Waals surface area (Å²) in [5, 5.41) is 9.01. The van der Waals surface area contributed by atoms with Gasteiger partial charge in [-0.3, -0.25) is 0 Å². The maximum Gasteiger partial charge on any atom is 0.156 e. The number of hydrogen-bond acceptors (Lipinski definition) is 3. The molecule has 0 heterocycles. The second-order valence-corrected chi connectivity index (χ2v) is 3.88. The fourth-order valence-corrected chi connectivity index (χ4v) is 1.26. The summed E-state index contributed by atoms with van der Waals surface area (Å²) in [6.45, 7) is 5.60. The van der Waals surface area contributed by atoms with E-state index < -0.39 is 0 Å². The molecule has 96 valence electrons. The Bertz CT molecular complexity index is 167. The van der Waals surface area contributed by atoms with Gasteiger partial charge in [0.2, 0.25) is 0 Å². The van der Waals surface area contributed by atoms with Crippen LogP contribution in [0.15, 0.2) is 12.0 Å². The maximum atomic E-state index is 9.01. The number of rotatable bonds is 11. The van der Waals surface area contributed by atoms with Crippen molar-refractivity contribution in [1.82, 2.24) is 0 Å². The van der Waals surface area contributed by atoms with E-state index in [0.29, 0.717) is 19.0 Å². The van der Waals surface area contributed by atoms with Crippen molar-refractivity contribution >= 4 is 0 Å². The van der Waals surface area contributed by atoms with Crippen LogP contribution in [0.5, 0.6) is 0 Å². The predicted molar refractivity (Wildman–Crippen MR) is 66.1 cm³/mol. The second-order valence-electron chi connectivity index (χ2n) is 3.88. The average molecular weight is 230 g/mol. The molecule has 0 aliphatic heterocycles. The Hall–Kier alpha value is -0.700. The van der Waals surface area contributed by atoms with Gasteiger partial charge in [0.1, 0.15) is 12.9 Å². The van der Waals surface area contributed by atoms with Crippen LogP contribution in [0.1, 0.15) is 52.4 Å². The molecule has 0 fully saturated rings. The largest absolute Gasteiger partial charge is 0.498 e. The molecule has 0 aromatic carbocycles. The van der Waals surface area contributed by atoms with Crippen molar-refractivity contribution in [2.24, 2.45) is 0 Å². The van der Waals surface area contributed by atoms with E-state index in [9.17, 15) is 0 Å². The first-order chi connectivity index (χ1) is 7.85. The van der Waals surface area contributed by atoms with Gasteiger partial charge in [-0.1, -0.05) is 39.5 Å². The monoisotopic (exact) mass is 230 g/mol. The third-order valence-electron chi connectivity index (χ3n) is 2.27. The highest BCUT2D eigenvalue weighted by molar-refractivity contribution is 4.86. The van der Waals surface area contributed by atoms with Crippen molar-refractivity contribution < 1.29 is 14.6 Å². The molecule has 3 heteroatoms. The summed E-state index contributed by atoms with van der Waals surface area (Å²) >= 11 is 0. The van der Waals surface area contributed by atoms with Gasteiger partial charge in [0.15, 0.2) is 5.76 Å². The summed E-state index contributed by atoms with van der Waals surface area (Å²) < 4.78 is 10.7. The van der Waals surface area contributed by atoms with Crippen LogP contribution in [-0.4, -0.2) is 24.9 Å². The zero-order chi connectivity index (χ0) is 12.1. The van der Waals surface area contributed by atoms with Crippen molar-refractivity contribution in [1.29, 1.82) is 0 Å². The van der Waals surface area contributed by atoms with Gasteiger partial charge < -0.3 is 14.6 Å². The molecule has 0 aliphatic carbocycles. The van der Waals surface area contributed by atoms with Gasteiger partial charge in [0.05, 0.1) is 13.2 Å². The number of unbranched alkanes of at least 4 members (excludes halogenated alkanes) is 4. The van der Waals surface area contributed by atoms with Crippen molar-refractivity contribution in [2.45, 2.75) is 52.4 Å². The van der Waals surface area contributed by atoms with Gasteiger partial charge in [-0.2, -0.15) is 0 Å². The molecule has 0 aromatic heterocycles. The SMILES string of the molecule is CCCCCOC=C(CO)OCCCCC. The van der Waals surface area contributed by atoms with Crippen molar-refractivity contribution in [3.05, 3.63) is 12.0 Å². The van der Waals surface area contributed by atoms with Gasteiger partial charge in [-0.25, -0.2) is 0 Å². The minimum atomic E-state index is -0.0834. The zero-order valence-electron chi connectivity index (χ0n) is 10.7. The van der Waals surface area contributed by atoms with Crippen LogP contribution in [0, 0.1) is 0 Å². The van der Waals surface area contributed by atoms with Crippen LogP contribution < -0.4 is 0 Å². The van der Waals surface area contributed by atoms with E-state index in [1.165, 1.54) is 19.3 Å². The second kappa shape index (κ2) is 12.4. The number of ether oxygens (including phenoxy) is 2. The van der Waals surface area contributed by atoms with Gasteiger partial charge in [-0.15, -0.1) is 0 Å². The Morgan fingerprint density at radius 1 is 1.00 bits per heavy atom. The smallest absolute Gasteiger partial charge is 0.156 e. The van der Waals surface area contributed by atoms with Crippen LogP contribution >= 0.6 is 0 Å². The highest BCUT2D eigenvalue weighted by Gasteiger charge is 1.96. The summed E-state index contributed by atoms with van der Waals surface area (Å²) in [6, 6.07) is 0. The zero-order valence-corrected chi connectivity index (χ0v) is 10.7. The summed E-state index contributed by atoms with van der Waals surface area (Å²) in [4.78, 5) is 0. The van der Waals surface area contributed by atoms with E-state index in [1.54, 1.807) is 6.26 Å².